The van der Waals surface area contributed by atoms with Crippen molar-refractivity contribution in [1.82, 2.24) is 9.55 Å². The number of hydrogen-bond acceptors (Lipinski definition) is 4. The van der Waals surface area contributed by atoms with Crippen molar-refractivity contribution in [3.8, 4) is 11.3 Å². The molecule has 0 saturated heterocycles. The summed E-state index contributed by atoms with van der Waals surface area (Å²) in [5.41, 5.74) is 4.71. The fourth-order valence-electron chi connectivity index (χ4n) is 3.89. The summed E-state index contributed by atoms with van der Waals surface area (Å²) in [6.45, 7) is 5.57. The Hall–Kier alpha value is -4.26. The maximum absolute atomic E-state index is 13.7. The molecule has 0 aliphatic rings. The van der Waals surface area contributed by atoms with E-state index in [1.807, 2.05) is 49.4 Å². The molecule has 1 heterocycles. The van der Waals surface area contributed by atoms with E-state index in [1.165, 1.54) is 10.1 Å². The minimum atomic E-state index is -0.405. The molecule has 35 heavy (non-hydrogen) atoms. The van der Waals surface area contributed by atoms with Crippen LogP contribution in [0.4, 0.5) is 11.4 Å². The highest BCUT2D eigenvalue weighted by Gasteiger charge is 2.18. The molecule has 0 aliphatic heterocycles. The lowest BCUT2D eigenvalue weighted by molar-refractivity contribution is -0.117. The van der Waals surface area contributed by atoms with E-state index < -0.39 is 5.56 Å². The topological polar surface area (TPSA) is 93.1 Å². The van der Waals surface area contributed by atoms with Crippen LogP contribution >= 0.6 is 0 Å². The Morgan fingerprint density at radius 1 is 0.914 bits per heavy atom. The van der Waals surface area contributed by atoms with E-state index in [-0.39, 0.29) is 24.1 Å². The van der Waals surface area contributed by atoms with Gasteiger partial charge in [-0.1, -0.05) is 49.7 Å². The average molecular weight is 469 g/mol. The Bertz CT molecular complexity index is 1460. The van der Waals surface area contributed by atoms with Gasteiger partial charge in [0.2, 0.25) is 11.8 Å². The molecular weight excluding hydrogens is 440 g/mol. The van der Waals surface area contributed by atoms with Gasteiger partial charge in [0.1, 0.15) is 12.2 Å². The highest BCUT2D eigenvalue weighted by Crippen LogP contribution is 2.27. The van der Waals surface area contributed by atoms with E-state index in [2.05, 4.69) is 22.5 Å². The predicted molar refractivity (Wildman–Crippen MR) is 140 cm³/mol. The highest BCUT2D eigenvalue weighted by molar-refractivity contribution is 5.96. The van der Waals surface area contributed by atoms with Gasteiger partial charge in [-0.25, -0.2) is 4.98 Å². The number of rotatable bonds is 7. The number of carbonyl (C=O) groups excluding carboxylic acids is 2. The number of anilines is 2. The lowest BCUT2D eigenvalue weighted by Gasteiger charge is -2.15. The highest BCUT2D eigenvalue weighted by atomic mass is 16.2. The number of carbonyl (C=O) groups is 2. The summed E-state index contributed by atoms with van der Waals surface area (Å²) in [4.78, 5) is 43.4. The Morgan fingerprint density at radius 3 is 2.37 bits per heavy atom. The van der Waals surface area contributed by atoms with Crippen molar-refractivity contribution in [2.24, 2.45) is 0 Å². The number of amides is 2. The van der Waals surface area contributed by atoms with Gasteiger partial charge in [-0.3, -0.25) is 19.0 Å². The minimum absolute atomic E-state index is 0.162. The first kappa shape index (κ1) is 23.9. The molecule has 0 atom stereocenters. The standard InChI is InChI=1S/C28H28N4O3/c1-4-19-11-13-20(14-12-19)29-26(34)17-32-24-9-7-6-8-23(24)31-27(28(32)35)21-16-18(3)10-15-22(21)30-25(33)5-2/h6-16H,4-5,17H2,1-3H3,(H,29,34)(H,30,33). The molecule has 4 rings (SSSR count). The van der Waals surface area contributed by atoms with Gasteiger partial charge in [0.15, 0.2) is 0 Å². The summed E-state index contributed by atoms with van der Waals surface area (Å²) in [5.74, 6) is -0.480. The Morgan fingerprint density at radius 2 is 1.66 bits per heavy atom. The van der Waals surface area contributed by atoms with Gasteiger partial charge >= 0.3 is 0 Å². The van der Waals surface area contributed by atoms with Gasteiger partial charge < -0.3 is 10.6 Å². The van der Waals surface area contributed by atoms with E-state index >= 15 is 0 Å². The molecule has 178 valence electrons. The Kier molecular flexibility index (Phi) is 7.06. The molecule has 0 aliphatic carbocycles. The van der Waals surface area contributed by atoms with Crippen LogP contribution in [0.15, 0.2) is 71.5 Å². The molecule has 0 radical (unpaired) electrons. The van der Waals surface area contributed by atoms with Crippen LogP contribution in [0.2, 0.25) is 0 Å². The van der Waals surface area contributed by atoms with Crippen LogP contribution in [0, 0.1) is 6.92 Å². The van der Waals surface area contributed by atoms with Crippen LogP contribution in [0.3, 0.4) is 0 Å². The second-order valence-electron chi connectivity index (χ2n) is 8.39. The van der Waals surface area contributed by atoms with Crippen LogP contribution in [-0.4, -0.2) is 21.4 Å². The van der Waals surface area contributed by atoms with Crippen LogP contribution in [0.1, 0.15) is 31.4 Å². The zero-order valence-electron chi connectivity index (χ0n) is 20.1. The second kappa shape index (κ2) is 10.3. The first-order valence-electron chi connectivity index (χ1n) is 11.7. The molecule has 0 spiro atoms. The molecule has 2 N–H and O–H groups in total. The van der Waals surface area contributed by atoms with Gasteiger partial charge in [-0.2, -0.15) is 0 Å². The smallest absolute Gasteiger partial charge is 0.278 e. The summed E-state index contributed by atoms with van der Waals surface area (Å²) in [6, 6.07) is 20.3. The first-order valence-corrected chi connectivity index (χ1v) is 11.7. The third kappa shape index (κ3) is 5.30. The number of benzene rings is 3. The molecule has 7 nitrogen and oxygen atoms in total. The number of aryl methyl sites for hydroxylation is 2. The van der Waals surface area contributed by atoms with Crippen molar-refractivity contribution in [3.63, 3.8) is 0 Å². The predicted octanol–water partition coefficient (Wildman–Crippen LogP) is 4.92. The molecule has 0 fully saturated rings. The molecule has 4 aromatic rings. The Balaban J connectivity index is 1.77. The van der Waals surface area contributed by atoms with Gasteiger partial charge in [0.05, 0.1) is 16.7 Å². The molecule has 7 heteroatoms. The molecule has 3 aromatic carbocycles. The third-order valence-electron chi connectivity index (χ3n) is 5.83. The molecule has 0 bridgehead atoms. The zero-order chi connectivity index (χ0) is 24.9. The minimum Gasteiger partial charge on any atom is -0.325 e. The van der Waals surface area contributed by atoms with E-state index in [1.54, 1.807) is 31.2 Å². The number of aromatic nitrogens is 2. The molecule has 2 amide bonds. The van der Waals surface area contributed by atoms with Crippen molar-refractivity contribution in [2.45, 2.75) is 40.2 Å². The van der Waals surface area contributed by atoms with Crippen molar-refractivity contribution in [3.05, 3.63) is 88.2 Å². The number of hydrogen-bond donors (Lipinski definition) is 2. The van der Waals surface area contributed by atoms with E-state index in [4.69, 9.17) is 0 Å². The summed E-state index contributed by atoms with van der Waals surface area (Å²) in [7, 11) is 0. The molecular formula is C28H28N4O3. The summed E-state index contributed by atoms with van der Waals surface area (Å²) in [6.07, 6.45) is 1.22. The van der Waals surface area contributed by atoms with E-state index in [9.17, 15) is 14.4 Å². The van der Waals surface area contributed by atoms with Gasteiger partial charge in [-0.05, 0) is 55.3 Å². The summed E-state index contributed by atoms with van der Waals surface area (Å²) >= 11 is 0. The van der Waals surface area contributed by atoms with Gasteiger partial charge in [-0.15, -0.1) is 0 Å². The molecule has 1 aromatic heterocycles. The van der Waals surface area contributed by atoms with Crippen LogP contribution in [-0.2, 0) is 22.6 Å². The monoisotopic (exact) mass is 468 g/mol. The maximum Gasteiger partial charge on any atom is 0.278 e. The number of nitrogens with zero attached hydrogens (tertiary/aromatic N) is 2. The summed E-state index contributed by atoms with van der Waals surface area (Å²) < 4.78 is 1.43. The zero-order valence-corrected chi connectivity index (χ0v) is 20.1. The SMILES string of the molecule is CCC(=O)Nc1ccc(C)cc1-c1nc2ccccc2n(CC(=O)Nc2ccc(CC)cc2)c1=O. The maximum atomic E-state index is 13.7. The van der Waals surface area contributed by atoms with Crippen LogP contribution in [0.5, 0.6) is 0 Å². The fourth-order valence-corrected chi connectivity index (χ4v) is 3.89. The number of para-hydroxylation sites is 2. The van der Waals surface area contributed by atoms with Gasteiger partial charge in [0.25, 0.3) is 5.56 Å². The average Bonchev–Trinajstić information content (AvgIpc) is 2.87. The normalized spacial score (nSPS) is 10.8. The Labute approximate surface area is 203 Å². The van der Waals surface area contributed by atoms with Crippen molar-refractivity contribution in [2.75, 3.05) is 10.6 Å². The van der Waals surface area contributed by atoms with Gasteiger partial charge in [0, 0.05) is 17.7 Å². The van der Waals surface area contributed by atoms with Crippen LogP contribution in [0.25, 0.3) is 22.3 Å². The lowest BCUT2D eigenvalue weighted by Crippen LogP contribution is -2.30. The molecule has 0 unspecified atom stereocenters. The van der Waals surface area contributed by atoms with Crippen LogP contribution < -0.4 is 16.2 Å². The van der Waals surface area contributed by atoms with Crippen molar-refractivity contribution in [1.29, 1.82) is 0 Å². The largest absolute Gasteiger partial charge is 0.325 e. The van der Waals surface area contributed by atoms with E-state index in [0.717, 1.165) is 12.0 Å². The van der Waals surface area contributed by atoms with Crippen molar-refractivity contribution >= 4 is 34.2 Å². The van der Waals surface area contributed by atoms with E-state index in [0.29, 0.717) is 34.4 Å². The third-order valence-corrected chi connectivity index (χ3v) is 5.83. The second-order valence-corrected chi connectivity index (χ2v) is 8.39. The summed E-state index contributed by atoms with van der Waals surface area (Å²) in [5, 5.41) is 5.73. The van der Waals surface area contributed by atoms with Crippen molar-refractivity contribution < 1.29 is 9.59 Å². The lowest BCUT2D eigenvalue weighted by atomic mass is 10.1. The first-order chi connectivity index (χ1) is 16.9. The molecule has 0 saturated carbocycles. The number of fused-ring (bicyclic) bond motifs is 1. The quantitative estimate of drug-likeness (QED) is 0.403. The number of nitrogens with one attached hydrogen (secondary N) is 2. The fraction of sp³-hybridized carbons (Fsp3) is 0.214.